The molecule has 0 N–H and O–H groups in total. The summed E-state index contributed by atoms with van der Waals surface area (Å²) in [6, 6.07) is 15.2. The molecule has 0 aliphatic heterocycles. The average molecular weight is 385 g/mol. The van der Waals surface area contributed by atoms with Crippen LogP contribution in [0, 0.1) is 6.92 Å². The summed E-state index contributed by atoms with van der Waals surface area (Å²) in [6.45, 7) is 5.40. The van der Waals surface area contributed by atoms with Crippen molar-refractivity contribution >= 4 is 16.8 Å². The summed E-state index contributed by atoms with van der Waals surface area (Å²) in [5, 5.41) is 5.22. The van der Waals surface area contributed by atoms with Crippen LogP contribution in [0.25, 0.3) is 22.3 Å². The maximum atomic E-state index is 13.4. The Hall–Kier alpha value is -3.54. The summed E-state index contributed by atoms with van der Waals surface area (Å²) in [6.07, 6.45) is 3.57. The summed E-state index contributed by atoms with van der Waals surface area (Å²) < 4.78 is 1.94. The van der Waals surface area contributed by atoms with Gasteiger partial charge in [0, 0.05) is 43.0 Å². The molecule has 0 unspecified atom stereocenters. The lowest BCUT2D eigenvalue weighted by molar-refractivity contribution is 0.0787. The maximum Gasteiger partial charge on any atom is 0.254 e. The second-order valence-electron chi connectivity index (χ2n) is 7.02. The van der Waals surface area contributed by atoms with Crippen LogP contribution < -0.4 is 0 Å². The molecule has 4 rings (SSSR count). The number of pyridine rings is 2. The Morgan fingerprint density at radius 2 is 1.90 bits per heavy atom. The van der Waals surface area contributed by atoms with Gasteiger partial charge in [-0.05, 0) is 38.1 Å². The zero-order valence-corrected chi connectivity index (χ0v) is 16.8. The fourth-order valence-corrected chi connectivity index (χ4v) is 3.49. The molecule has 0 aliphatic rings. The van der Waals surface area contributed by atoms with Gasteiger partial charge in [0.05, 0.1) is 28.7 Å². The molecule has 146 valence electrons. The lowest BCUT2D eigenvalue weighted by Gasteiger charge is -2.19. The number of hydrogen-bond acceptors (Lipinski definition) is 4. The fraction of sp³-hybridized carbons (Fsp3) is 0.217. The number of aromatic nitrogens is 4. The van der Waals surface area contributed by atoms with Crippen LogP contribution >= 0.6 is 0 Å². The van der Waals surface area contributed by atoms with Crippen molar-refractivity contribution in [2.45, 2.75) is 26.9 Å². The molecule has 0 atom stereocenters. The van der Waals surface area contributed by atoms with Crippen LogP contribution in [0.15, 0.2) is 60.9 Å². The third-order valence-electron chi connectivity index (χ3n) is 5.13. The Bertz CT molecular complexity index is 1170. The summed E-state index contributed by atoms with van der Waals surface area (Å²) in [7, 11) is 1.82. The van der Waals surface area contributed by atoms with Gasteiger partial charge in [-0.3, -0.25) is 14.5 Å². The standard InChI is InChI=1S/C23H23N5O/c1-4-28-16(2)17(14-25-28)15-27(3)23(29)19-13-22(21-11-7-8-12-24-21)26-20-10-6-5-9-18(19)20/h5-14H,4,15H2,1-3H3. The fourth-order valence-electron chi connectivity index (χ4n) is 3.49. The number of carbonyl (C=O) groups is 1. The van der Waals surface area contributed by atoms with Crippen LogP contribution in [-0.4, -0.2) is 37.6 Å². The van der Waals surface area contributed by atoms with Crippen molar-refractivity contribution in [3.8, 4) is 11.4 Å². The Balaban J connectivity index is 1.73. The van der Waals surface area contributed by atoms with Gasteiger partial charge >= 0.3 is 0 Å². The zero-order chi connectivity index (χ0) is 20.4. The molecule has 29 heavy (non-hydrogen) atoms. The largest absolute Gasteiger partial charge is 0.337 e. The van der Waals surface area contributed by atoms with Gasteiger partial charge in [-0.15, -0.1) is 0 Å². The molecule has 1 aromatic carbocycles. The molecule has 6 heteroatoms. The first kappa shape index (κ1) is 18.8. The minimum Gasteiger partial charge on any atom is -0.337 e. The van der Waals surface area contributed by atoms with Crippen LogP contribution in [0.5, 0.6) is 0 Å². The van der Waals surface area contributed by atoms with Crippen LogP contribution in [0.2, 0.25) is 0 Å². The summed E-state index contributed by atoms with van der Waals surface area (Å²) in [5.41, 5.74) is 4.97. The van der Waals surface area contributed by atoms with Gasteiger partial charge in [0.25, 0.3) is 5.91 Å². The van der Waals surface area contributed by atoms with Crippen molar-refractivity contribution in [1.29, 1.82) is 0 Å². The first-order chi connectivity index (χ1) is 14.1. The molecule has 0 bridgehead atoms. The summed E-state index contributed by atoms with van der Waals surface area (Å²) in [4.78, 5) is 24.2. The molecule has 3 heterocycles. The van der Waals surface area contributed by atoms with Crippen molar-refractivity contribution in [3.63, 3.8) is 0 Å². The number of nitrogens with zero attached hydrogens (tertiary/aromatic N) is 5. The highest BCUT2D eigenvalue weighted by Crippen LogP contribution is 2.25. The minimum absolute atomic E-state index is 0.0515. The molecular formula is C23H23N5O. The number of amides is 1. The van der Waals surface area contributed by atoms with Gasteiger partial charge in [0.2, 0.25) is 0 Å². The van der Waals surface area contributed by atoms with Crippen LogP contribution in [0.4, 0.5) is 0 Å². The Morgan fingerprint density at radius 3 is 2.62 bits per heavy atom. The van der Waals surface area contributed by atoms with E-state index in [1.54, 1.807) is 11.1 Å². The van der Waals surface area contributed by atoms with Crippen molar-refractivity contribution in [2.75, 3.05) is 7.05 Å². The van der Waals surface area contributed by atoms with E-state index in [4.69, 9.17) is 4.98 Å². The van der Waals surface area contributed by atoms with Crippen LogP contribution in [0.1, 0.15) is 28.5 Å². The minimum atomic E-state index is -0.0515. The molecular weight excluding hydrogens is 362 g/mol. The second-order valence-corrected chi connectivity index (χ2v) is 7.02. The monoisotopic (exact) mass is 385 g/mol. The molecule has 6 nitrogen and oxygen atoms in total. The van der Waals surface area contributed by atoms with E-state index in [1.807, 2.05) is 73.4 Å². The Morgan fingerprint density at radius 1 is 1.10 bits per heavy atom. The van der Waals surface area contributed by atoms with E-state index in [2.05, 4.69) is 17.0 Å². The van der Waals surface area contributed by atoms with E-state index in [1.165, 1.54) is 0 Å². The van der Waals surface area contributed by atoms with Crippen LogP contribution in [0.3, 0.4) is 0 Å². The maximum absolute atomic E-state index is 13.4. The van der Waals surface area contributed by atoms with Crippen molar-refractivity contribution in [2.24, 2.45) is 0 Å². The van der Waals surface area contributed by atoms with E-state index < -0.39 is 0 Å². The molecule has 1 amide bonds. The SMILES string of the molecule is CCn1ncc(CN(C)C(=O)c2cc(-c3ccccn3)nc3ccccc23)c1C. The second kappa shape index (κ2) is 7.83. The number of para-hydroxylation sites is 1. The molecule has 0 saturated heterocycles. The van der Waals surface area contributed by atoms with Gasteiger partial charge in [-0.1, -0.05) is 24.3 Å². The highest BCUT2D eigenvalue weighted by atomic mass is 16.2. The Kier molecular flexibility index (Phi) is 5.08. The Labute approximate surface area is 169 Å². The van der Waals surface area contributed by atoms with E-state index in [0.717, 1.165) is 34.4 Å². The van der Waals surface area contributed by atoms with Gasteiger partial charge in [-0.25, -0.2) is 4.98 Å². The van der Waals surface area contributed by atoms with E-state index in [0.29, 0.717) is 17.8 Å². The third-order valence-corrected chi connectivity index (χ3v) is 5.13. The molecule has 0 aliphatic carbocycles. The predicted octanol–water partition coefficient (Wildman–Crippen LogP) is 4.09. The first-order valence-electron chi connectivity index (χ1n) is 9.66. The molecule has 3 aromatic heterocycles. The number of carbonyl (C=O) groups excluding carboxylic acids is 1. The summed E-state index contributed by atoms with van der Waals surface area (Å²) >= 11 is 0. The predicted molar refractivity (Wildman–Crippen MR) is 113 cm³/mol. The molecule has 0 radical (unpaired) electrons. The first-order valence-corrected chi connectivity index (χ1v) is 9.66. The summed E-state index contributed by atoms with van der Waals surface area (Å²) in [5.74, 6) is -0.0515. The lowest BCUT2D eigenvalue weighted by atomic mass is 10.0. The quantitative estimate of drug-likeness (QED) is 0.519. The highest BCUT2D eigenvalue weighted by molar-refractivity contribution is 6.07. The molecule has 4 aromatic rings. The van der Waals surface area contributed by atoms with Crippen molar-refractivity contribution in [3.05, 3.63) is 77.7 Å². The van der Waals surface area contributed by atoms with Gasteiger partial charge < -0.3 is 4.90 Å². The number of hydrogen-bond donors (Lipinski definition) is 0. The van der Waals surface area contributed by atoms with E-state index >= 15 is 0 Å². The zero-order valence-electron chi connectivity index (χ0n) is 16.8. The highest BCUT2D eigenvalue weighted by Gasteiger charge is 2.19. The van der Waals surface area contributed by atoms with Gasteiger partial charge in [0.15, 0.2) is 0 Å². The number of rotatable bonds is 5. The smallest absolute Gasteiger partial charge is 0.254 e. The molecule has 0 saturated carbocycles. The van der Waals surface area contributed by atoms with E-state index in [9.17, 15) is 4.79 Å². The molecule has 0 fully saturated rings. The van der Waals surface area contributed by atoms with Crippen LogP contribution in [-0.2, 0) is 13.1 Å². The number of fused-ring (bicyclic) bond motifs is 1. The van der Waals surface area contributed by atoms with Gasteiger partial charge in [-0.2, -0.15) is 5.10 Å². The third kappa shape index (κ3) is 3.61. The number of aryl methyl sites for hydroxylation is 1. The lowest BCUT2D eigenvalue weighted by Crippen LogP contribution is -2.26. The van der Waals surface area contributed by atoms with Crippen molar-refractivity contribution in [1.82, 2.24) is 24.6 Å². The van der Waals surface area contributed by atoms with Gasteiger partial charge in [0.1, 0.15) is 0 Å². The average Bonchev–Trinajstić information content (AvgIpc) is 3.12. The number of benzene rings is 1. The van der Waals surface area contributed by atoms with E-state index in [-0.39, 0.29) is 5.91 Å². The van der Waals surface area contributed by atoms with Crippen molar-refractivity contribution < 1.29 is 4.79 Å². The normalized spacial score (nSPS) is 11.0. The topological polar surface area (TPSA) is 63.9 Å². The molecule has 0 spiro atoms.